The maximum Gasteiger partial charge on any atom is 0.343 e. The van der Waals surface area contributed by atoms with Gasteiger partial charge in [0.1, 0.15) is 0 Å². The van der Waals surface area contributed by atoms with E-state index in [1.165, 1.54) is 49.9 Å². The van der Waals surface area contributed by atoms with Crippen LogP contribution in [-0.4, -0.2) is 12.6 Å². The summed E-state index contributed by atoms with van der Waals surface area (Å²) in [5.74, 6) is -5.19. The van der Waals surface area contributed by atoms with Crippen LogP contribution in [0.15, 0.2) is 48.5 Å². The molecule has 2 aliphatic carbocycles. The highest BCUT2D eigenvalue weighted by Crippen LogP contribution is 2.48. The molecule has 2 fully saturated rings. The number of carbonyl (C=O) groups is 1. The minimum atomic E-state index is -1.18. The number of benzene rings is 3. The van der Waals surface area contributed by atoms with Crippen molar-refractivity contribution in [2.75, 3.05) is 6.61 Å². The number of rotatable bonds is 11. The van der Waals surface area contributed by atoms with Crippen molar-refractivity contribution in [3.63, 3.8) is 0 Å². The molecule has 0 saturated heterocycles. The fraction of sp³-hybridized carbons (Fsp3) is 0.500. The van der Waals surface area contributed by atoms with Crippen LogP contribution in [0.1, 0.15) is 130 Å². The van der Waals surface area contributed by atoms with Gasteiger partial charge in [-0.1, -0.05) is 82.2 Å². The smallest absolute Gasteiger partial charge is 0.343 e. The van der Waals surface area contributed by atoms with Crippen molar-refractivity contribution in [1.29, 1.82) is 0 Å². The summed E-state index contributed by atoms with van der Waals surface area (Å²) in [6.45, 7) is 4.07. The monoisotopic (exact) mass is 624 g/mol. The second-order valence-electron chi connectivity index (χ2n) is 12.7. The van der Waals surface area contributed by atoms with Gasteiger partial charge < -0.3 is 9.47 Å². The maximum atomic E-state index is 15.7. The summed E-state index contributed by atoms with van der Waals surface area (Å²) in [6, 6.07) is 12.5. The van der Waals surface area contributed by atoms with E-state index in [1.54, 1.807) is 31.2 Å². The lowest BCUT2D eigenvalue weighted by Crippen LogP contribution is -2.34. The third-order valence-electron chi connectivity index (χ3n) is 10.0. The van der Waals surface area contributed by atoms with Crippen molar-refractivity contribution in [3.05, 3.63) is 94.1 Å². The molecule has 0 atom stereocenters. The first-order valence-corrected chi connectivity index (χ1v) is 16.7. The van der Waals surface area contributed by atoms with E-state index in [4.69, 9.17) is 9.47 Å². The van der Waals surface area contributed by atoms with E-state index in [0.29, 0.717) is 29.9 Å². The maximum absolute atomic E-state index is 15.7. The molecule has 0 bridgehead atoms. The number of hydrogen-bond donors (Lipinski definition) is 0. The SMILES string of the molecule is CCCCCC1CCC(c2ccc(OC(=O)c3ccccc3C3(c4ccc(OCC)c(F)c4F)CCCCC3)c(F)c2F)CC1. The standard InChI is InChI=1S/C38H44F4O3/c1-3-5-7-12-25-15-17-26(18-16-25)27-19-21-32(36(42)33(27)39)45-37(43)28-13-8-9-14-29(28)38(23-10-6-11-24-38)30-20-22-31(44-4-2)35(41)34(30)40/h8-9,13-14,19-22,25-26H,3-7,10-12,15-18,23-24H2,1-2H3. The number of esters is 1. The van der Waals surface area contributed by atoms with Gasteiger partial charge in [0.15, 0.2) is 23.1 Å². The van der Waals surface area contributed by atoms with Crippen molar-refractivity contribution in [2.24, 2.45) is 5.92 Å². The molecule has 0 radical (unpaired) electrons. The molecule has 0 spiro atoms. The number of hydrogen-bond acceptors (Lipinski definition) is 3. The second-order valence-corrected chi connectivity index (χ2v) is 12.7. The highest BCUT2D eigenvalue weighted by Gasteiger charge is 2.41. The molecule has 0 N–H and O–H groups in total. The zero-order valence-corrected chi connectivity index (χ0v) is 26.4. The number of unbranched alkanes of at least 4 members (excludes halogenated alkanes) is 2. The van der Waals surface area contributed by atoms with E-state index < -0.39 is 40.4 Å². The summed E-state index contributed by atoms with van der Waals surface area (Å²) < 4.78 is 72.4. The summed E-state index contributed by atoms with van der Waals surface area (Å²) in [5, 5.41) is 0. The molecular weight excluding hydrogens is 580 g/mol. The quantitative estimate of drug-likeness (QED) is 0.0922. The average molecular weight is 625 g/mol. The molecule has 5 rings (SSSR count). The van der Waals surface area contributed by atoms with Crippen LogP contribution in [-0.2, 0) is 5.41 Å². The summed E-state index contributed by atoms with van der Waals surface area (Å²) in [6.07, 6.45) is 11.8. The normalized spacial score (nSPS) is 19.7. The minimum absolute atomic E-state index is 0.0667. The molecule has 242 valence electrons. The van der Waals surface area contributed by atoms with Gasteiger partial charge in [0.05, 0.1) is 12.2 Å². The largest absolute Gasteiger partial charge is 0.491 e. The summed E-state index contributed by atoms with van der Waals surface area (Å²) in [7, 11) is 0. The average Bonchev–Trinajstić information content (AvgIpc) is 3.06. The van der Waals surface area contributed by atoms with Crippen LogP contribution in [0.3, 0.4) is 0 Å². The molecule has 0 amide bonds. The molecule has 2 aliphatic rings. The van der Waals surface area contributed by atoms with Gasteiger partial charge in [-0.15, -0.1) is 0 Å². The molecule has 3 nitrogen and oxygen atoms in total. The Kier molecular flexibility index (Phi) is 10.9. The predicted molar refractivity (Wildman–Crippen MR) is 168 cm³/mol. The first-order chi connectivity index (χ1) is 21.8. The summed E-state index contributed by atoms with van der Waals surface area (Å²) >= 11 is 0. The summed E-state index contributed by atoms with van der Waals surface area (Å²) in [5.41, 5.74) is 0.0506. The first kappa shape index (κ1) is 33.0. The van der Waals surface area contributed by atoms with Gasteiger partial charge in [0.25, 0.3) is 0 Å². The Labute approximate surface area is 264 Å². The van der Waals surface area contributed by atoms with E-state index in [0.717, 1.165) is 44.9 Å². The Balaban J connectivity index is 1.40. The van der Waals surface area contributed by atoms with Gasteiger partial charge in [-0.05, 0) is 86.6 Å². The van der Waals surface area contributed by atoms with Gasteiger partial charge in [0.2, 0.25) is 11.6 Å². The second kappa shape index (κ2) is 14.8. The molecule has 2 saturated carbocycles. The molecule has 45 heavy (non-hydrogen) atoms. The van der Waals surface area contributed by atoms with E-state index in [2.05, 4.69) is 6.92 Å². The van der Waals surface area contributed by atoms with E-state index in [1.807, 2.05) is 0 Å². The van der Waals surface area contributed by atoms with Gasteiger partial charge in [0, 0.05) is 11.0 Å². The molecule has 0 unspecified atom stereocenters. The number of carbonyl (C=O) groups excluding carboxylic acids is 1. The molecule has 0 aromatic heterocycles. The highest BCUT2D eigenvalue weighted by atomic mass is 19.2. The van der Waals surface area contributed by atoms with Crippen LogP contribution in [0.4, 0.5) is 17.6 Å². The molecular formula is C38H44F4O3. The Bertz CT molecular complexity index is 1470. The molecule has 0 heterocycles. The van der Waals surface area contributed by atoms with Crippen LogP contribution < -0.4 is 9.47 Å². The predicted octanol–water partition coefficient (Wildman–Crippen LogP) is 11.0. The lowest BCUT2D eigenvalue weighted by Gasteiger charge is -2.39. The third-order valence-corrected chi connectivity index (χ3v) is 10.0. The Morgan fingerprint density at radius 2 is 1.44 bits per heavy atom. The molecule has 0 aliphatic heterocycles. The zero-order valence-electron chi connectivity index (χ0n) is 26.4. The topological polar surface area (TPSA) is 35.5 Å². The lowest BCUT2D eigenvalue weighted by atomic mass is 9.64. The Morgan fingerprint density at radius 1 is 0.756 bits per heavy atom. The van der Waals surface area contributed by atoms with Crippen molar-refractivity contribution in [3.8, 4) is 11.5 Å². The van der Waals surface area contributed by atoms with Gasteiger partial charge >= 0.3 is 5.97 Å². The lowest BCUT2D eigenvalue weighted by molar-refractivity contribution is 0.0723. The molecule has 3 aromatic carbocycles. The van der Waals surface area contributed by atoms with E-state index in [9.17, 15) is 4.79 Å². The van der Waals surface area contributed by atoms with Crippen LogP contribution in [0.25, 0.3) is 0 Å². The van der Waals surface area contributed by atoms with E-state index in [-0.39, 0.29) is 29.4 Å². The van der Waals surface area contributed by atoms with E-state index >= 15 is 17.6 Å². The van der Waals surface area contributed by atoms with Crippen molar-refractivity contribution in [1.82, 2.24) is 0 Å². The van der Waals surface area contributed by atoms with Gasteiger partial charge in [-0.2, -0.15) is 8.78 Å². The van der Waals surface area contributed by atoms with Crippen LogP contribution >= 0.6 is 0 Å². The Morgan fingerprint density at radius 3 is 2.16 bits per heavy atom. The fourth-order valence-corrected chi connectivity index (χ4v) is 7.63. The number of halogens is 4. The van der Waals surface area contributed by atoms with Crippen molar-refractivity contribution >= 4 is 5.97 Å². The molecule has 7 heteroatoms. The Hall–Kier alpha value is -3.35. The first-order valence-electron chi connectivity index (χ1n) is 16.7. The number of ether oxygens (including phenoxy) is 2. The van der Waals surface area contributed by atoms with Gasteiger partial charge in [-0.25, -0.2) is 13.6 Å². The van der Waals surface area contributed by atoms with Crippen LogP contribution in [0, 0.1) is 29.2 Å². The summed E-state index contributed by atoms with van der Waals surface area (Å²) in [4.78, 5) is 13.6. The molecule has 3 aromatic rings. The van der Waals surface area contributed by atoms with Crippen LogP contribution in [0.5, 0.6) is 11.5 Å². The van der Waals surface area contributed by atoms with Crippen molar-refractivity contribution < 1.29 is 31.8 Å². The van der Waals surface area contributed by atoms with Gasteiger partial charge in [-0.3, -0.25) is 0 Å². The van der Waals surface area contributed by atoms with Crippen molar-refractivity contribution in [2.45, 2.75) is 109 Å². The fourth-order valence-electron chi connectivity index (χ4n) is 7.63. The highest BCUT2D eigenvalue weighted by molar-refractivity contribution is 5.93. The third kappa shape index (κ3) is 6.92. The zero-order chi connectivity index (χ0) is 32.0. The van der Waals surface area contributed by atoms with Crippen LogP contribution in [0.2, 0.25) is 0 Å². The minimum Gasteiger partial charge on any atom is -0.491 e.